The summed E-state index contributed by atoms with van der Waals surface area (Å²) >= 11 is 0. The number of esters is 2. The minimum atomic E-state index is -0.688. The van der Waals surface area contributed by atoms with Crippen molar-refractivity contribution in [1.82, 2.24) is 0 Å². The van der Waals surface area contributed by atoms with Crippen LogP contribution in [-0.4, -0.2) is 31.8 Å². The van der Waals surface area contributed by atoms with E-state index in [9.17, 15) is 9.59 Å². The molecule has 0 unspecified atom stereocenters. The molecule has 0 spiro atoms. The molecule has 22 heavy (non-hydrogen) atoms. The molecule has 1 aromatic rings. The highest BCUT2D eigenvalue weighted by molar-refractivity contribution is 6.17. The van der Waals surface area contributed by atoms with Gasteiger partial charge in [0.15, 0.2) is 0 Å². The molecular weight excluding hydrogens is 284 g/mol. The first kappa shape index (κ1) is 17.8. The lowest BCUT2D eigenvalue weighted by Gasteiger charge is -2.07. The molecule has 120 valence electrons. The van der Waals surface area contributed by atoms with E-state index >= 15 is 0 Å². The van der Waals surface area contributed by atoms with E-state index in [2.05, 4.69) is 0 Å². The van der Waals surface area contributed by atoms with Crippen molar-refractivity contribution >= 4 is 18.0 Å². The summed E-state index contributed by atoms with van der Waals surface area (Å²) in [7, 11) is 0. The predicted octanol–water partition coefficient (Wildman–Crippen LogP) is 2.99. The molecule has 0 aliphatic rings. The zero-order valence-corrected chi connectivity index (χ0v) is 13.3. The monoisotopic (exact) mass is 306 g/mol. The number of carbonyl (C=O) groups is 2. The van der Waals surface area contributed by atoms with Crippen LogP contribution in [0.15, 0.2) is 29.8 Å². The van der Waals surface area contributed by atoms with Gasteiger partial charge in [0.25, 0.3) is 0 Å². The quantitative estimate of drug-likeness (QED) is 0.320. The van der Waals surface area contributed by atoms with Gasteiger partial charge in [0, 0.05) is 0 Å². The van der Waals surface area contributed by atoms with Crippen LogP contribution in [0.4, 0.5) is 0 Å². The Morgan fingerprint density at radius 2 is 1.50 bits per heavy atom. The molecule has 0 radical (unpaired) electrons. The van der Waals surface area contributed by atoms with Crippen LogP contribution < -0.4 is 4.74 Å². The highest BCUT2D eigenvalue weighted by Crippen LogP contribution is 2.16. The number of hydrogen-bond acceptors (Lipinski definition) is 5. The van der Waals surface area contributed by atoms with Gasteiger partial charge < -0.3 is 14.2 Å². The first-order chi connectivity index (χ1) is 10.6. The third-order valence-electron chi connectivity index (χ3n) is 2.65. The summed E-state index contributed by atoms with van der Waals surface area (Å²) in [5.74, 6) is -0.632. The molecule has 0 fully saturated rings. The van der Waals surface area contributed by atoms with E-state index in [0.29, 0.717) is 12.2 Å². The van der Waals surface area contributed by atoms with Gasteiger partial charge in [0.05, 0.1) is 19.8 Å². The van der Waals surface area contributed by atoms with E-state index in [1.807, 2.05) is 6.92 Å². The topological polar surface area (TPSA) is 61.8 Å². The molecule has 1 rings (SSSR count). The molecule has 1 aromatic carbocycles. The van der Waals surface area contributed by atoms with E-state index in [-0.39, 0.29) is 18.8 Å². The summed E-state index contributed by atoms with van der Waals surface area (Å²) in [6.45, 7) is 6.42. The lowest BCUT2D eigenvalue weighted by molar-refractivity contribution is -0.146. The van der Waals surface area contributed by atoms with Crippen LogP contribution in [0, 0.1) is 0 Å². The number of rotatable bonds is 8. The number of hydrogen-bond donors (Lipinski definition) is 0. The second-order valence-corrected chi connectivity index (χ2v) is 4.42. The van der Waals surface area contributed by atoms with Crippen LogP contribution in [0.3, 0.4) is 0 Å². The van der Waals surface area contributed by atoms with E-state index in [0.717, 1.165) is 12.2 Å². The van der Waals surface area contributed by atoms with Gasteiger partial charge in [-0.05, 0) is 44.0 Å². The third-order valence-corrected chi connectivity index (χ3v) is 2.65. The molecule has 0 aliphatic carbocycles. The minimum Gasteiger partial charge on any atom is -0.494 e. The summed E-state index contributed by atoms with van der Waals surface area (Å²) in [4.78, 5) is 23.7. The second-order valence-electron chi connectivity index (χ2n) is 4.42. The fourth-order valence-electron chi connectivity index (χ4n) is 1.67. The molecule has 0 aliphatic heterocycles. The summed E-state index contributed by atoms with van der Waals surface area (Å²) in [6.07, 6.45) is 2.39. The average molecular weight is 306 g/mol. The molecule has 0 saturated carbocycles. The van der Waals surface area contributed by atoms with Crippen molar-refractivity contribution < 1.29 is 23.8 Å². The third kappa shape index (κ3) is 5.60. The Balaban J connectivity index is 2.95. The van der Waals surface area contributed by atoms with Gasteiger partial charge in [-0.15, -0.1) is 0 Å². The highest BCUT2D eigenvalue weighted by Gasteiger charge is 2.20. The number of ether oxygens (including phenoxy) is 3. The Kier molecular flexibility index (Phi) is 7.75. The summed E-state index contributed by atoms with van der Waals surface area (Å²) in [6, 6.07) is 7.11. The van der Waals surface area contributed by atoms with Crippen LogP contribution in [0.25, 0.3) is 6.08 Å². The van der Waals surface area contributed by atoms with Crippen molar-refractivity contribution in [3.8, 4) is 5.75 Å². The van der Waals surface area contributed by atoms with Crippen molar-refractivity contribution in [2.75, 3.05) is 19.8 Å². The molecule has 0 N–H and O–H groups in total. The Bertz CT molecular complexity index is 496. The summed E-state index contributed by atoms with van der Waals surface area (Å²) in [5, 5.41) is 0. The summed E-state index contributed by atoms with van der Waals surface area (Å²) in [5.41, 5.74) is 0.575. The zero-order valence-electron chi connectivity index (χ0n) is 13.3. The van der Waals surface area contributed by atoms with Gasteiger partial charge in [0.2, 0.25) is 0 Å². The van der Waals surface area contributed by atoms with E-state index in [1.165, 1.54) is 6.08 Å². The Hall–Kier alpha value is -2.30. The van der Waals surface area contributed by atoms with Gasteiger partial charge in [0.1, 0.15) is 11.3 Å². The van der Waals surface area contributed by atoms with Crippen LogP contribution in [0.1, 0.15) is 32.8 Å². The van der Waals surface area contributed by atoms with Gasteiger partial charge in [-0.2, -0.15) is 0 Å². The van der Waals surface area contributed by atoms with Crippen LogP contribution in [0.2, 0.25) is 0 Å². The number of carbonyl (C=O) groups excluding carboxylic acids is 2. The normalized spacial score (nSPS) is 9.77. The smallest absolute Gasteiger partial charge is 0.345 e. The Morgan fingerprint density at radius 3 is 1.95 bits per heavy atom. The van der Waals surface area contributed by atoms with Crippen molar-refractivity contribution in [3.63, 3.8) is 0 Å². The van der Waals surface area contributed by atoms with Gasteiger partial charge in [-0.1, -0.05) is 19.1 Å². The van der Waals surface area contributed by atoms with Crippen LogP contribution in [0.5, 0.6) is 5.75 Å². The molecule has 5 heteroatoms. The van der Waals surface area contributed by atoms with E-state index in [1.54, 1.807) is 38.1 Å². The van der Waals surface area contributed by atoms with Crippen molar-refractivity contribution in [3.05, 3.63) is 35.4 Å². The largest absolute Gasteiger partial charge is 0.494 e. The van der Waals surface area contributed by atoms with E-state index < -0.39 is 11.9 Å². The molecule has 0 aromatic heterocycles. The maximum absolute atomic E-state index is 11.9. The van der Waals surface area contributed by atoms with Crippen LogP contribution >= 0.6 is 0 Å². The SMILES string of the molecule is CCCOc1ccc(C=C(C(=O)OCC)C(=O)OCC)cc1. The van der Waals surface area contributed by atoms with E-state index in [4.69, 9.17) is 14.2 Å². The van der Waals surface area contributed by atoms with Crippen molar-refractivity contribution in [1.29, 1.82) is 0 Å². The Labute approximate surface area is 130 Å². The summed E-state index contributed by atoms with van der Waals surface area (Å²) < 4.78 is 15.3. The lowest BCUT2D eigenvalue weighted by Crippen LogP contribution is -2.18. The molecular formula is C17H22O5. The molecule has 0 bridgehead atoms. The molecule has 0 heterocycles. The van der Waals surface area contributed by atoms with Crippen molar-refractivity contribution in [2.45, 2.75) is 27.2 Å². The first-order valence-electron chi connectivity index (χ1n) is 7.41. The average Bonchev–Trinajstić information content (AvgIpc) is 2.52. The maximum Gasteiger partial charge on any atom is 0.345 e. The highest BCUT2D eigenvalue weighted by atomic mass is 16.6. The lowest BCUT2D eigenvalue weighted by atomic mass is 10.1. The molecule has 0 saturated heterocycles. The van der Waals surface area contributed by atoms with Gasteiger partial charge in [-0.25, -0.2) is 9.59 Å². The van der Waals surface area contributed by atoms with Gasteiger partial charge in [-0.3, -0.25) is 0 Å². The first-order valence-corrected chi connectivity index (χ1v) is 7.41. The fourth-order valence-corrected chi connectivity index (χ4v) is 1.67. The zero-order chi connectivity index (χ0) is 16.4. The minimum absolute atomic E-state index is 0.120. The van der Waals surface area contributed by atoms with Crippen molar-refractivity contribution in [2.24, 2.45) is 0 Å². The molecule has 5 nitrogen and oxygen atoms in total. The van der Waals surface area contributed by atoms with Gasteiger partial charge >= 0.3 is 11.9 Å². The van der Waals surface area contributed by atoms with Crippen LogP contribution in [-0.2, 0) is 19.1 Å². The fraction of sp³-hybridized carbons (Fsp3) is 0.412. The molecule has 0 amide bonds. The standard InChI is InChI=1S/C17H22O5/c1-4-11-22-14-9-7-13(8-10-14)12-15(16(18)20-5-2)17(19)21-6-3/h7-10,12H,4-6,11H2,1-3H3. The molecule has 0 atom stereocenters. The second kappa shape index (κ2) is 9.60. The Morgan fingerprint density at radius 1 is 0.955 bits per heavy atom. The predicted molar refractivity (Wildman–Crippen MR) is 83.5 cm³/mol. The maximum atomic E-state index is 11.9. The number of benzene rings is 1.